The Morgan fingerprint density at radius 1 is 1.11 bits per heavy atom. The number of fused-ring (bicyclic) bond motifs is 2. The lowest BCUT2D eigenvalue weighted by Gasteiger charge is -2.37. The van der Waals surface area contributed by atoms with Crippen LogP contribution in [0.3, 0.4) is 0 Å². The molecule has 1 aromatic heterocycles. The van der Waals surface area contributed by atoms with Gasteiger partial charge in [0, 0.05) is 23.5 Å². The topological polar surface area (TPSA) is 90.5 Å². The van der Waals surface area contributed by atoms with E-state index in [1.807, 2.05) is 24.3 Å². The first-order valence-electron chi connectivity index (χ1n) is 8.77. The number of carboxylic acids is 1. The molecule has 0 unspecified atom stereocenters. The minimum atomic E-state index is -0.967. The minimum Gasteiger partial charge on any atom is -0.481 e. The van der Waals surface area contributed by atoms with Gasteiger partial charge in [-0.1, -0.05) is 42.5 Å². The second-order valence-electron chi connectivity index (χ2n) is 6.65. The molecule has 1 amide bonds. The van der Waals surface area contributed by atoms with Gasteiger partial charge in [0.15, 0.2) is 0 Å². The monoisotopic (exact) mass is 362 g/mol. The number of aromatic nitrogens is 1. The fourth-order valence-electron chi connectivity index (χ4n) is 3.82. The molecule has 6 nitrogen and oxygen atoms in total. The summed E-state index contributed by atoms with van der Waals surface area (Å²) in [5, 5.41) is 10.0. The molecule has 0 saturated carbocycles. The zero-order valence-electron chi connectivity index (χ0n) is 14.5. The van der Waals surface area contributed by atoms with Gasteiger partial charge in [-0.3, -0.25) is 14.4 Å². The molecule has 1 aliphatic rings. The van der Waals surface area contributed by atoms with E-state index in [4.69, 9.17) is 0 Å². The molecular formula is C21H18N2O4. The molecule has 3 aromatic rings. The normalized spacial score (nSPS) is 16.1. The van der Waals surface area contributed by atoms with Gasteiger partial charge in [0.05, 0.1) is 18.0 Å². The summed E-state index contributed by atoms with van der Waals surface area (Å²) in [5.74, 6) is -1.29. The van der Waals surface area contributed by atoms with Crippen LogP contribution in [-0.4, -0.2) is 33.4 Å². The Morgan fingerprint density at radius 3 is 2.67 bits per heavy atom. The Kier molecular flexibility index (Phi) is 4.24. The molecule has 6 heteroatoms. The molecule has 0 bridgehead atoms. The van der Waals surface area contributed by atoms with Crippen molar-refractivity contribution in [1.29, 1.82) is 0 Å². The third kappa shape index (κ3) is 3.10. The first-order valence-corrected chi connectivity index (χ1v) is 8.77. The maximum atomic E-state index is 13.3. The van der Waals surface area contributed by atoms with Crippen LogP contribution in [0.25, 0.3) is 10.9 Å². The number of carboxylic acid groups (broad SMARTS) is 1. The number of nitrogens with one attached hydrogen (secondary N) is 1. The van der Waals surface area contributed by atoms with Gasteiger partial charge in [0.1, 0.15) is 0 Å². The summed E-state index contributed by atoms with van der Waals surface area (Å²) in [6.07, 6.45) is 0.475. The standard InChI is InChI=1S/C21H18N2O4/c24-19-11-16(15-7-3-4-8-17(15)22-19)21(27)23-10-9-13-5-1-2-6-14(13)18(23)12-20(25)26/h1-8,11,18H,9-10,12H2,(H,22,24)(H,25,26)/t18-/m0/s1. The summed E-state index contributed by atoms with van der Waals surface area (Å²) in [6.45, 7) is 0.412. The number of nitrogens with zero attached hydrogens (tertiary/aromatic N) is 1. The van der Waals surface area contributed by atoms with Crippen molar-refractivity contribution in [3.8, 4) is 0 Å². The van der Waals surface area contributed by atoms with E-state index < -0.39 is 12.0 Å². The van der Waals surface area contributed by atoms with Crippen LogP contribution in [0.2, 0.25) is 0 Å². The number of carbonyl (C=O) groups is 2. The smallest absolute Gasteiger partial charge is 0.305 e. The van der Waals surface area contributed by atoms with E-state index in [-0.39, 0.29) is 17.9 Å². The first-order chi connectivity index (χ1) is 13.0. The number of pyridine rings is 1. The van der Waals surface area contributed by atoms with Crippen molar-refractivity contribution in [1.82, 2.24) is 9.88 Å². The summed E-state index contributed by atoms with van der Waals surface area (Å²) < 4.78 is 0. The van der Waals surface area contributed by atoms with Crippen molar-refractivity contribution in [3.63, 3.8) is 0 Å². The lowest BCUT2D eigenvalue weighted by molar-refractivity contribution is -0.138. The Balaban J connectivity index is 1.82. The third-order valence-electron chi connectivity index (χ3n) is 5.02. The molecule has 0 saturated heterocycles. The lowest BCUT2D eigenvalue weighted by Crippen LogP contribution is -2.41. The van der Waals surface area contributed by atoms with Crippen LogP contribution in [-0.2, 0) is 11.2 Å². The summed E-state index contributed by atoms with van der Waals surface area (Å²) in [7, 11) is 0. The molecule has 0 fully saturated rings. The molecule has 4 rings (SSSR count). The lowest BCUT2D eigenvalue weighted by atomic mass is 9.90. The van der Waals surface area contributed by atoms with Crippen LogP contribution in [0, 0.1) is 0 Å². The van der Waals surface area contributed by atoms with Crippen LogP contribution in [0.1, 0.15) is 33.9 Å². The molecule has 2 heterocycles. The number of benzene rings is 2. The number of H-pyrrole nitrogens is 1. The Labute approximate surface area is 155 Å². The van der Waals surface area contributed by atoms with Gasteiger partial charge in [-0.15, -0.1) is 0 Å². The van der Waals surface area contributed by atoms with E-state index in [0.29, 0.717) is 29.4 Å². The van der Waals surface area contributed by atoms with Crippen molar-refractivity contribution in [2.24, 2.45) is 0 Å². The van der Waals surface area contributed by atoms with E-state index >= 15 is 0 Å². The highest BCUT2D eigenvalue weighted by atomic mass is 16.4. The first kappa shape index (κ1) is 17.0. The molecule has 0 spiro atoms. The maximum absolute atomic E-state index is 13.3. The van der Waals surface area contributed by atoms with Gasteiger partial charge in [-0.05, 0) is 23.6 Å². The number of amides is 1. The molecule has 0 aliphatic carbocycles. The fourth-order valence-corrected chi connectivity index (χ4v) is 3.82. The van der Waals surface area contributed by atoms with Crippen molar-refractivity contribution < 1.29 is 14.7 Å². The van der Waals surface area contributed by atoms with E-state index in [2.05, 4.69) is 4.98 Å². The van der Waals surface area contributed by atoms with Gasteiger partial charge in [0.25, 0.3) is 5.91 Å². The molecule has 1 aliphatic heterocycles. The average molecular weight is 362 g/mol. The predicted octanol–water partition coefficient (Wildman–Crippen LogP) is 2.74. The Morgan fingerprint density at radius 2 is 1.85 bits per heavy atom. The number of hydrogen-bond donors (Lipinski definition) is 2. The van der Waals surface area contributed by atoms with E-state index in [0.717, 1.165) is 11.1 Å². The van der Waals surface area contributed by atoms with Crippen molar-refractivity contribution >= 4 is 22.8 Å². The summed E-state index contributed by atoms with van der Waals surface area (Å²) in [6, 6.07) is 15.5. The predicted molar refractivity (Wildman–Crippen MR) is 101 cm³/mol. The molecule has 27 heavy (non-hydrogen) atoms. The zero-order valence-corrected chi connectivity index (χ0v) is 14.5. The molecule has 136 valence electrons. The van der Waals surface area contributed by atoms with E-state index in [1.54, 1.807) is 29.2 Å². The summed E-state index contributed by atoms with van der Waals surface area (Å²) in [5.41, 5.74) is 2.44. The number of hydrogen-bond acceptors (Lipinski definition) is 3. The van der Waals surface area contributed by atoms with E-state index in [1.165, 1.54) is 6.07 Å². The number of carbonyl (C=O) groups excluding carboxylic acids is 1. The quantitative estimate of drug-likeness (QED) is 0.750. The number of rotatable bonds is 3. The van der Waals surface area contributed by atoms with Gasteiger partial charge in [-0.25, -0.2) is 0 Å². The van der Waals surface area contributed by atoms with Crippen LogP contribution in [0.4, 0.5) is 0 Å². The largest absolute Gasteiger partial charge is 0.481 e. The van der Waals surface area contributed by atoms with Crippen molar-refractivity contribution in [2.45, 2.75) is 18.9 Å². The minimum absolute atomic E-state index is 0.177. The van der Waals surface area contributed by atoms with Crippen LogP contribution in [0.15, 0.2) is 59.4 Å². The van der Waals surface area contributed by atoms with Gasteiger partial charge >= 0.3 is 5.97 Å². The molecule has 0 radical (unpaired) electrons. The molecular weight excluding hydrogens is 344 g/mol. The number of aliphatic carboxylic acids is 1. The summed E-state index contributed by atoms with van der Waals surface area (Å²) >= 11 is 0. The van der Waals surface area contributed by atoms with E-state index in [9.17, 15) is 19.5 Å². The van der Waals surface area contributed by atoms with Gasteiger partial charge in [-0.2, -0.15) is 0 Å². The fraction of sp³-hybridized carbons (Fsp3) is 0.190. The zero-order chi connectivity index (χ0) is 19.0. The maximum Gasteiger partial charge on any atom is 0.305 e. The number of para-hydroxylation sites is 1. The highest BCUT2D eigenvalue weighted by molar-refractivity contribution is 6.06. The Bertz CT molecular complexity index is 1100. The SMILES string of the molecule is O=C(O)C[C@H]1c2ccccc2CCN1C(=O)c1cc(=O)[nH]c2ccccc12. The third-order valence-corrected chi connectivity index (χ3v) is 5.02. The van der Waals surface area contributed by atoms with Crippen LogP contribution in [0.5, 0.6) is 0 Å². The highest BCUT2D eigenvalue weighted by Gasteiger charge is 2.33. The van der Waals surface area contributed by atoms with Gasteiger partial charge < -0.3 is 15.0 Å². The second kappa shape index (κ2) is 6.72. The average Bonchev–Trinajstić information content (AvgIpc) is 2.66. The van der Waals surface area contributed by atoms with Crippen LogP contribution >= 0.6 is 0 Å². The second-order valence-corrected chi connectivity index (χ2v) is 6.65. The number of aromatic amines is 1. The highest BCUT2D eigenvalue weighted by Crippen LogP contribution is 2.34. The molecule has 2 aromatic carbocycles. The van der Waals surface area contributed by atoms with Gasteiger partial charge in [0.2, 0.25) is 5.56 Å². The van der Waals surface area contributed by atoms with Crippen molar-refractivity contribution in [2.75, 3.05) is 6.54 Å². The van der Waals surface area contributed by atoms with Crippen LogP contribution < -0.4 is 5.56 Å². The Hall–Kier alpha value is -3.41. The van der Waals surface area contributed by atoms with Crippen molar-refractivity contribution in [3.05, 3.63) is 81.6 Å². The molecule has 2 N–H and O–H groups in total. The molecule has 1 atom stereocenters. The summed E-state index contributed by atoms with van der Waals surface area (Å²) in [4.78, 5) is 41.1.